The van der Waals surface area contributed by atoms with Gasteiger partial charge in [-0.3, -0.25) is 0 Å². The average Bonchev–Trinajstić information content (AvgIpc) is 2.26. The Labute approximate surface area is 92.4 Å². The van der Waals surface area contributed by atoms with E-state index in [1.54, 1.807) is 7.11 Å². The maximum Gasteiger partial charge on any atom is 0.122 e. The predicted octanol–water partition coefficient (Wildman–Crippen LogP) is 2.71. The van der Waals surface area contributed by atoms with E-state index in [1.807, 2.05) is 12.1 Å². The molecule has 2 nitrogen and oxygen atoms in total. The second-order valence-electron chi connectivity index (χ2n) is 4.48. The lowest BCUT2D eigenvalue weighted by Gasteiger charge is -2.26. The molecule has 0 aromatic heterocycles. The van der Waals surface area contributed by atoms with Crippen molar-refractivity contribution in [2.45, 2.75) is 32.1 Å². The quantitative estimate of drug-likeness (QED) is 0.805. The minimum Gasteiger partial charge on any atom is -0.496 e. The van der Waals surface area contributed by atoms with Gasteiger partial charge in [0.25, 0.3) is 0 Å². The predicted molar refractivity (Wildman–Crippen MR) is 64.3 cm³/mol. The van der Waals surface area contributed by atoms with E-state index >= 15 is 0 Å². The number of benzene rings is 1. The molecule has 0 saturated heterocycles. The van der Waals surface area contributed by atoms with E-state index in [2.05, 4.69) is 26.0 Å². The summed E-state index contributed by atoms with van der Waals surface area (Å²) in [5, 5.41) is 0. The number of para-hydroxylation sites is 1. The molecule has 0 aliphatic carbocycles. The van der Waals surface area contributed by atoms with Crippen LogP contribution in [0, 0.1) is 0 Å². The van der Waals surface area contributed by atoms with E-state index in [1.165, 1.54) is 5.56 Å². The summed E-state index contributed by atoms with van der Waals surface area (Å²) in [6.07, 6.45) is 2.13. The fourth-order valence-electron chi connectivity index (χ4n) is 1.88. The summed E-state index contributed by atoms with van der Waals surface area (Å²) in [5.74, 6) is 0.972. The second-order valence-corrected chi connectivity index (χ2v) is 4.48. The Hall–Kier alpha value is -1.02. The van der Waals surface area contributed by atoms with Gasteiger partial charge in [-0.2, -0.15) is 0 Å². The molecule has 0 bridgehead atoms. The van der Waals surface area contributed by atoms with Crippen LogP contribution in [0.15, 0.2) is 24.3 Å². The molecule has 0 heterocycles. The highest BCUT2D eigenvalue weighted by Crippen LogP contribution is 2.34. The molecule has 0 radical (unpaired) electrons. The monoisotopic (exact) mass is 207 g/mol. The fourth-order valence-corrected chi connectivity index (χ4v) is 1.88. The molecule has 0 unspecified atom stereocenters. The maximum atomic E-state index is 5.55. The number of nitrogens with two attached hydrogens (primary N) is 1. The van der Waals surface area contributed by atoms with Gasteiger partial charge in [0.2, 0.25) is 0 Å². The van der Waals surface area contributed by atoms with Crippen molar-refractivity contribution in [1.29, 1.82) is 0 Å². The topological polar surface area (TPSA) is 35.2 Å². The van der Waals surface area contributed by atoms with Crippen LogP contribution in [0.4, 0.5) is 0 Å². The highest BCUT2D eigenvalue weighted by Gasteiger charge is 2.23. The Morgan fingerprint density at radius 1 is 1.27 bits per heavy atom. The van der Waals surface area contributed by atoms with Gasteiger partial charge >= 0.3 is 0 Å². The van der Waals surface area contributed by atoms with Gasteiger partial charge in [0.15, 0.2) is 0 Å². The van der Waals surface area contributed by atoms with Gasteiger partial charge < -0.3 is 10.5 Å². The van der Waals surface area contributed by atoms with Crippen molar-refractivity contribution in [3.63, 3.8) is 0 Å². The van der Waals surface area contributed by atoms with Crippen LogP contribution < -0.4 is 10.5 Å². The lowest BCUT2D eigenvalue weighted by Crippen LogP contribution is -2.19. The largest absolute Gasteiger partial charge is 0.496 e. The number of rotatable bonds is 5. The van der Waals surface area contributed by atoms with Gasteiger partial charge in [-0.25, -0.2) is 0 Å². The van der Waals surface area contributed by atoms with Crippen molar-refractivity contribution >= 4 is 0 Å². The Kier molecular flexibility index (Phi) is 4.15. The van der Waals surface area contributed by atoms with Crippen LogP contribution in [0.1, 0.15) is 32.3 Å². The molecule has 0 amide bonds. The first-order valence-electron chi connectivity index (χ1n) is 5.45. The Bertz CT molecular complexity index is 307. The van der Waals surface area contributed by atoms with Crippen LogP contribution in [0.3, 0.4) is 0 Å². The van der Waals surface area contributed by atoms with Gasteiger partial charge in [0.05, 0.1) is 7.11 Å². The summed E-state index contributed by atoms with van der Waals surface area (Å²) in [6.45, 7) is 5.22. The Morgan fingerprint density at radius 3 is 2.53 bits per heavy atom. The molecule has 84 valence electrons. The van der Waals surface area contributed by atoms with Crippen molar-refractivity contribution in [1.82, 2.24) is 0 Å². The Balaban J connectivity index is 2.92. The van der Waals surface area contributed by atoms with E-state index in [9.17, 15) is 0 Å². The van der Waals surface area contributed by atoms with Crippen LogP contribution in [0.5, 0.6) is 5.75 Å². The zero-order chi connectivity index (χ0) is 11.3. The first-order valence-corrected chi connectivity index (χ1v) is 5.45. The molecule has 1 aromatic rings. The van der Waals surface area contributed by atoms with E-state index in [0.717, 1.165) is 25.1 Å². The molecular weight excluding hydrogens is 186 g/mol. The van der Waals surface area contributed by atoms with Crippen molar-refractivity contribution in [3.05, 3.63) is 29.8 Å². The summed E-state index contributed by atoms with van der Waals surface area (Å²) in [7, 11) is 1.72. The van der Waals surface area contributed by atoms with E-state index in [4.69, 9.17) is 10.5 Å². The molecule has 2 heteroatoms. The normalized spacial score (nSPS) is 11.5. The highest BCUT2D eigenvalue weighted by molar-refractivity contribution is 5.38. The van der Waals surface area contributed by atoms with Crippen molar-refractivity contribution < 1.29 is 4.74 Å². The second kappa shape index (κ2) is 5.17. The lowest BCUT2D eigenvalue weighted by molar-refractivity contribution is 0.383. The molecule has 0 aliphatic heterocycles. The number of ether oxygens (including phenoxy) is 1. The van der Waals surface area contributed by atoms with Gasteiger partial charge in [-0.05, 0) is 36.4 Å². The van der Waals surface area contributed by atoms with Gasteiger partial charge in [-0.15, -0.1) is 0 Å². The van der Waals surface area contributed by atoms with E-state index in [-0.39, 0.29) is 5.41 Å². The minimum atomic E-state index is 0.131. The minimum absolute atomic E-state index is 0.131. The van der Waals surface area contributed by atoms with Crippen molar-refractivity contribution in [2.24, 2.45) is 5.73 Å². The van der Waals surface area contributed by atoms with Crippen LogP contribution in [-0.2, 0) is 5.41 Å². The molecule has 0 aliphatic rings. The summed E-state index contributed by atoms with van der Waals surface area (Å²) < 4.78 is 5.38. The van der Waals surface area contributed by atoms with Crippen LogP contribution >= 0.6 is 0 Å². The number of hydrogen-bond acceptors (Lipinski definition) is 2. The highest BCUT2D eigenvalue weighted by atomic mass is 16.5. The Morgan fingerprint density at radius 2 is 1.93 bits per heavy atom. The molecule has 0 spiro atoms. The molecule has 1 rings (SSSR count). The smallest absolute Gasteiger partial charge is 0.122 e. The van der Waals surface area contributed by atoms with Gasteiger partial charge in [0, 0.05) is 0 Å². The molecule has 1 aromatic carbocycles. The van der Waals surface area contributed by atoms with Gasteiger partial charge in [0.1, 0.15) is 5.75 Å². The lowest BCUT2D eigenvalue weighted by atomic mass is 9.80. The summed E-state index contributed by atoms with van der Waals surface area (Å²) in [6, 6.07) is 8.21. The number of hydrogen-bond donors (Lipinski definition) is 1. The molecule has 15 heavy (non-hydrogen) atoms. The van der Waals surface area contributed by atoms with Crippen LogP contribution in [0.2, 0.25) is 0 Å². The number of methoxy groups -OCH3 is 1. The summed E-state index contributed by atoms with van der Waals surface area (Å²) in [4.78, 5) is 0. The summed E-state index contributed by atoms with van der Waals surface area (Å²) in [5.41, 5.74) is 6.95. The molecular formula is C13H21NO. The molecule has 0 saturated carbocycles. The first-order chi connectivity index (χ1) is 7.11. The first kappa shape index (κ1) is 12.1. The maximum absolute atomic E-state index is 5.55. The zero-order valence-electron chi connectivity index (χ0n) is 9.92. The third-order valence-corrected chi connectivity index (χ3v) is 2.84. The van der Waals surface area contributed by atoms with E-state index < -0.39 is 0 Å². The third-order valence-electron chi connectivity index (χ3n) is 2.84. The summed E-state index contributed by atoms with van der Waals surface area (Å²) >= 11 is 0. The standard InChI is InChI=1S/C13H21NO/c1-13(2,9-6-10-14)11-7-4-5-8-12(11)15-3/h4-5,7-8H,6,9-10,14H2,1-3H3. The van der Waals surface area contributed by atoms with Crippen molar-refractivity contribution in [3.8, 4) is 5.75 Å². The molecule has 0 atom stereocenters. The zero-order valence-corrected chi connectivity index (χ0v) is 9.92. The molecule has 0 fully saturated rings. The van der Waals surface area contributed by atoms with Crippen molar-refractivity contribution in [2.75, 3.05) is 13.7 Å². The fraction of sp³-hybridized carbons (Fsp3) is 0.538. The van der Waals surface area contributed by atoms with E-state index in [0.29, 0.717) is 0 Å². The molecule has 2 N–H and O–H groups in total. The van der Waals surface area contributed by atoms with Crippen LogP contribution in [0.25, 0.3) is 0 Å². The third kappa shape index (κ3) is 2.96. The SMILES string of the molecule is COc1ccccc1C(C)(C)CCCN. The average molecular weight is 207 g/mol. The van der Waals surface area contributed by atoms with Gasteiger partial charge in [-0.1, -0.05) is 32.0 Å². The van der Waals surface area contributed by atoms with Crippen LogP contribution in [-0.4, -0.2) is 13.7 Å².